The number of benzene rings is 1. The van der Waals surface area contributed by atoms with E-state index in [1.165, 1.54) is 12.1 Å². The van der Waals surface area contributed by atoms with E-state index in [0.29, 0.717) is 5.56 Å². The van der Waals surface area contributed by atoms with E-state index in [4.69, 9.17) is 11.6 Å². The second-order valence-electron chi connectivity index (χ2n) is 4.97. The van der Waals surface area contributed by atoms with Crippen molar-refractivity contribution in [2.24, 2.45) is 5.92 Å². The van der Waals surface area contributed by atoms with Gasteiger partial charge in [0, 0.05) is 24.1 Å². The molecule has 2 atom stereocenters. The third-order valence-corrected chi connectivity index (χ3v) is 3.99. The molecule has 5 heteroatoms. The number of halogens is 1. The number of carbonyl (C=O) groups is 1. The lowest BCUT2D eigenvalue weighted by molar-refractivity contribution is 0.0872. The SMILES string of the molecule is O=C(NC1CCCCC1CO)c1ccc(Cl)c(O)c1. The maximum atomic E-state index is 12.1. The lowest BCUT2D eigenvalue weighted by Gasteiger charge is -2.30. The standard InChI is InChI=1S/C14H18ClNO3/c15-11-6-5-9(7-13(11)18)14(19)16-12-4-2-1-3-10(12)8-17/h5-7,10,12,17-18H,1-4,8H2,(H,16,19). The first kappa shape index (κ1) is 14.2. The van der Waals surface area contributed by atoms with E-state index >= 15 is 0 Å². The van der Waals surface area contributed by atoms with Crippen molar-refractivity contribution in [2.75, 3.05) is 6.61 Å². The molecule has 0 saturated heterocycles. The molecule has 0 bridgehead atoms. The minimum absolute atomic E-state index is 0.00377. The molecule has 1 aromatic carbocycles. The Labute approximate surface area is 117 Å². The number of aliphatic hydroxyl groups excluding tert-OH is 1. The van der Waals surface area contributed by atoms with E-state index in [1.807, 2.05) is 0 Å². The Bertz CT molecular complexity index is 464. The zero-order valence-electron chi connectivity index (χ0n) is 10.6. The molecule has 2 rings (SSSR count). The molecule has 1 aromatic rings. The van der Waals surface area contributed by atoms with Gasteiger partial charge in [-0.2, -0.15) is 0 Å². The number of hydrogen-bond donors (Lipinski definition) is 3. The quantitative estimate of drug-likeness (QED) is 0.797. The van der Waals surface area contributed by atoms with E-state index in [0.717, 1.165) is 25.7 Å². The molecule has 1 saturated carbocycles. The van der Waals surface area contributed by atoms with Crippen LogP contribution >= 0.6 is 11.6 Å². The predicted octanol–water partition coefficient (Wildman–Crippen LogP) is 2.33. The highest BCUT2D eigenvalue weighted by Crippen LogP contribution is 2.26. The number of rotatable bonds is 3. The van der Waals surface area contributed by atoms with Gasteiger partial charge in [0.1, 0.15) is 5.75 Å². The second-order valence-corrected chi connectivity index (χ2v) is 5.38. The molecule has 0 heterocycles. The molecule has 1 aliphatic carbocycles. The summed E-state index contributed by atoms with van der Waals surface area (Å²) in [5.41, 5.74) is 0.379. The van der Waals surface area contributed by atoms with Crippen LogP contribution in [0.2, 0.25) is 5.02 Å². The maximum absolute atomic E-state index is 12.1. The van der Waals surface area contributed by atoms with Crippen LogP contribution in [0.15, 0.2) is 18.2 Å². The first-order valence-electron chi connectivity index (χ1n) is 6.52. The van der Waals surface area contributed by atoms with Gasteiger partial charge in [-0.25, -0.2) is 0 Å². The molecule has 104 valence electrons. The lowest BCUT2D eigenvalue weighted by Crippen LogP contribution is -2.43. The largest absolute Gasteiger partial charge is 0.506 e. The number of amides is 1. The molecule has 1 fully saturated rings. The molecule has 2 unspecified atom stereocenters. The highest BCUT2D eigenvalue weighted by Gasteiger charge is 2.26. The topological polar surface area (TPSA) is 69.6 Å². The van der Waals surface area contributed by atoms with Crippen molar-refractivity contribution in [3.05, 3.63) is 28.8 Å². The van der Waals surface area contributed by atoms with Gasteiger partial charge in [-0.15, -0.1) is 0 Å². The van der Waals surface area contributed by atoms with E-state index in [1.54, 1.807) is 6.07 Å². The number of aliphatic hydroxyl groups is 1. The summed E-state index contributed by atoms with van der Waals surface area (Å²) in [6, 6.07) is 4.43. The third kappa shape index (κ3) is 3.39. The average Bonchev–Trinajstić information content (AvgIpc) is 2.42. The van der Waals surface area contributed by atoms with Crippen LogP contribution in [0.25, 0.3) is 0 Å². The van der Waals surface area contributed by atoms with Crippen molar-refractivity contribution in [3.63, 3.8) is 0 Å². The van der Waals surface area contributed by atoms with Crippen molar-refractivity contribution in [1.29, 1.82) is 0 Å². The van der Waals surface area contributed by atoms with Crippen molar-refractivity contribution in [3.8, 4) is 5.75 Å². The second kappa shape index (κ2) is 6.26. The van der Waals surface area contributed by atoms with Crippen LogP contribution in [0.5, 0.6) is 5.75 Å². The molecular weight excluding hydrogens is 266 g/mol. The molecule has 1 amide bonds. The van der Waals surface area contributed by atoms with Crippen LogP contribution in [0.3, 0.4) is 0 Å². The zero-order chi connectivity index (χ0) is 13.8. The monoisotopic (exact) mass is 283 g/mol. The normalized spacial score (nSPS) is 23.1. The Morgan fingerprint density at radius 2 is 2.11 bits per heavy atom. The van der Waals surface area contributed by atoms with Crippen molar-refractivity contribution < 1.29 is 15.0 Å². The summed E-state index contributed by atoms with van der Waals surface area (Å²) in [5, 5.41) is 22.0. The number of aromatic hydroxyl groups is 1. The Kier molecular flexibility index (Phi) is 4.66. The minimum atomic E-state index is -0.239. The summed E-state index contributed by atoms with van der Waals surface area (Å²) in [6.45, 7) is 0.0941. The van der Waals surface area contributed by atoms with Gasteiger partial charge in [0.05, 0.1) is 5.02 Å². The van der Waals surface area contributed by atoms with E-state index < -0.39 is 0 Å². The lowest BCUT2D eigenvalue weighted by atomic mass is 9.85. The molecule has 4 nitrogen and oxygen atoms in total. The van der Waals surface area contributed by atoms with Gasteiger partial charge < -0.3 is 15.5 Å². The molecule has 0 radical (unpaired) electrons. The van der Waals surface area contributed by atoms with Crippen LogP contribution in [-0.2, 0) is 0 Å². The third-order valence-electron chi connectivity index (χ3n) is 3.67. The number of carbonyl (C=O) groups excluding carboxylic acids is 1. The van der Waals surface area contributed by atoms with E-state index in [-0.39, 0.29) is 35.2 Å². The highest BCUT2D eigenvalue weighted by atomic mass is 35.5. The predicted molar refractivity (Wildman–Crippen MR) is 73.4 cm³/mol. The Hall–Kier alpha value is -1.26. The van der Waals surface area contributed by atoms with Crippen LogP contribution in [-0.4, -0.2) is 28.8 Å². The van der Waals surface area contributed by atoms with Gasteiger partial charge in [0.25, 0.3) is 5.91 Å². The van der Waals surface area contributed by atoms with Crippen molar-refractivity contribution in [2.45, 2.75) is 31.7 Å². The fourth-order valence-electron chi connectivity index (χ4n) is 2.52. The fraction of sp³-hybridized carbons (Fsp3) is 0.500. The van der Waals surface area contributed by atoms with Crippen LogP contribution in [0, 0.1) is 5.92 Å². The molecule has 0 spiro atoms. The number of phenolic OH excluding ortho intramolecular Hbond substituents is 1. The molecule has 0 aliphatic heterocycles. The zero-order valence-corrected chi connectivity index (χ0v) is 11.4. The molecule has 19 heavy (non-hydrogen) atoms. The van der Waals surface area contributed by atoms with Crippen LogP contribution < -0.4 is 5.32 Å². The summed E-state index contributed by atoms with van der Waals surface area (Å²) in [4.78, 5) is 12.1. The molecule has 3 N–H and O–H groups in total. The maximum Gasteiger partial charge on any atom is 0.251 e. The Balaban J connectivity index is 2.05. The molecular formula is C14H18ClNO3. The van der Waals surface area contributed by atoms with Gasteiger partial charge in [0.2, 0.25) is 0 Å². The number of hydrogen-bond acceptors (Lipinski definition) is 3. The summed E-state index contributed by atoms with van der Waals surface area (Å²) in [5.74, 6) is -0.215. The van der Waals surface area contributed by atoms with Crippen molar-refractivity contribution in [1.82, 2.24) is 5.32 Å². The van der Waals surface area contributed by atoms with E-state index in [2.05, 4.69) is 5.32 Å². The number of nitrogens with one attached hydrogen (secondary N) is 1. The highest BCUT2D eigenvalue weighted by molar-refractivity contribution is 6.32. The average molecular weight is 284 g/mol. The minimum Gasteiger partial charge on any atom is -0.506 e. The van der Waals surface area contributed by atoms with Crippen LogP contribution in [0.4, 0.5) is 0 Å². The molecule has 1 aliphatic rings. The Morgan fingerprint density at radius 1 is 1.37 bits per heavy atom. The summed E-state index contributed by atoms with van der Waals surface area (Å²) in [6.07, 6.45) is 3.98. The van der Waals surface area contributed by atoms with E-state index in [9.17, 15) is 15.0 Å². The molecule has 0 aromatic heterocycles. The Morgan fingerprint density at radius 3 is 2.79 bits per heavy atom. The summed E-state index contributed by atoms with van der Waals surface area (Å²) in [7, 11) is 0. The van der Waals surface area contributed by atoms with Gasteiger partial charge in [-0.3, -0.25) is 4.79 Å². The number of phenols is 1. The van der Waals surface area contributed by atoms with Gasteiger partial charge >= 0.3 is 0 Å². The van der Waals surface area contributed by atoms with Gasteiger partial charge in [-0.05, 0) is 31.0 Å². The first-order chi connectivity index (χ1) is 9.11. The smallest absolute Gasteiger partial charge is 0.251 e. The van der Waals surface area contributed by atoms with Gasteiger partial charge in [0.15, 0.2) is 0 Å². The van der Waals surface area contributed by atoms with Crippen LogP contribution in [0.1, 0.15) is 36.0 Å². The summed E-state index contributed by atoms with van der Waals surface area (Å²) < 4.78 is 0. The first-order valence-corrected chi connectivity index (χ1v) is 6.90. The van der Waals surface area contributed by atoms with Crippen molar-refractivity contribution >= 4 is 17.5 Å². The van der Waals surface area contributed by atoms with Gasteiger partial charge in [-0.1, -0.05) is 24.4 Å². The summed E-state index contributed by atoms with van der Waals surface area (Å²) >= 11 is 5.71. The fourth-order valence-corrected chi connectivity index (χ4v) is 2.64.